The number of rotatable bonds is 5. The van der Waals surface area contributed by atoms with Crippen LogP contribution in [-0.4, -0.2) is 0 Å². The lowest BCUT2D eigenvalue weighted by Gasteiger charge is -2.05. The molecule has 2 aromatic carbocycles. The van der Waals surface area contributed by atoms with Gasteiger partial charge in [0, 0.05) is 10.0 Å². The largest absolute Gasteiger partial charge is 0.116 e. The van der Waals surface area contributed by atoms with Gasteiger partial charge in [-0.15, -0.1) is 5.73 Å². The Hall–Kier alpha value is -1.56. The number of hydrogen-bond acceptors (Lipinski definition) is 0. The molecule has 0 N–H and O–H groups in total. The summed E-state index contributed by atoms with van der Waals surface area (Å²) in [5, 5.41) is 0. The highest BCUT2D eigenvalue weighted by atomic mass is 79.9. The predicted molar refractivity (Wildman–Crippen MR) is 96.2 cm³/mol. The SMILES string of the molecule is CCCCC(=C=Cc1ccccc1Br)c1ccc(C)cc1. The van der Waals surface area contributed by atoms with Gasteiger partial charge in [-0.25, -0.2) is 0 Å². The van der Waals surface area contributed by atoms with Crippen LogP contribution in [0.25, 0.3) is 11.6 Å². The van der Waals surface area contributed by atoms with Crippen LogP contribution in [0.4, 0.5) is 0 Å². The Balaban J connectivity index is 2.37. The van der Waals surface area contributed by atoms with E-state index in [4.69, 9.17) is 0 Å². The minimum absolute atomic E-state index is 1.07. The molecule has 0 aliphatic heterocycles. The molecule has 0 spiro atoms. The Morgan fingerprint density at radius 3 is 2.48 bits per heavy atom. The summed E-state index contributed by atoms with van der Waals surface area (Å²) in [6.07, 6.45) is 5.54. The second-order valence-electron chi connectivity index (χ2n) is 5.26. The van der Waals surface area contributed by atoms with Gasteiger partial charge in [0.2, 0.25) is 0 Å². The smallest absolute Gasteiger partial charge is 0.0253 e. The van der Waals surface area contributed by atoms with Crippen molar-refractivity contribution in [3.63, 3.8) is 0 Å². The molecule has 0 heterocycles. The van der Waals surface area contributed by atoms with Gasteiger partial charge >= 0.3 is 0 Å². The van der Waals surface area contributed by atoms with Crippen LogP contribution in [0.2, 0.25) is 0 Å². The molecule has 0 fully saturated rings. The lowest BCUT2D eigenvalue weighted by atomic mass is 10.00. The average molecular weight is 341 g/mol. The molecular formula is C20H21Br. The van der Waals surface area contributed by atoms with Crippen LogP contribution >= 0.6 is 15.9 Å². The molecule has 0 radical (unpaired) electrons. The molecule has 0 saturated carbocycles. The molecule has 0 aliphatic rings. The van der Waals surface area contributed by atoms with E-state index in [0.29, 0.717) is 0 Å². The molecule has 0 unspecified atom stereocenters. The van der Waals surface area contributed by atoms with Crippen LogP contribution in [0.3, 0.4) is 0 Å². The number of hydrogen-bond donors (Lipinski definition) is 0. The third-order valence-corrected chi connectivity index (χ3v) is 4.21. The maximum Gasteiger partial charge on any atom is 0.0253 e. The summed E-state index contributed by atoms with van der Waals surface area (Å²) < 4.78 is 1.11. The van der Waals surface area contributed by atoms with E-state index in [9.17, 15) is 0 Å². The zero-order chi connectivity index (χ0) is 15.1. The zero-order valence-corrected chi connectivity index (χ0v) is 14.3. The zero-order valence-electron chi connectivity index (χ0n) is 12.7. The fourth-order valence-electron chi connectivity index (χ4n) is 2.17. The number of halogens is 1. The Bertz CT molecular complexity index is 644. The van der Waals surface area contributed by atoms with Crippen molar-refractivity contribution in [2.24, 2.45) is 0 Å². The minimum Gasteiger partial charge on any atom is -0.116 e. The molecule has 2 rings (SSSR count). The van der Waals surface area contributed by atoms with E-state index in [0.717, 1.165) is 10.9 Å². The first kappa shape index (κ1) is 15.8. The van der Waals surface area contributed by atoms with E-state index in [1.807, 2.05) is 6.07 Å². The number of allylic oxidation sites excluding steroid dienone is 1. The van der Waals surface area contributed by atoms with Gasteiger partial charge < -0.3 is 0 Å². The van der Waals surface area contributed by atoms with Gasteiger partial charge in [-0.2, -0.15) is 0 Å². The van der Waals surface area contributed by atoms with Gasteiger partial charge in [0.15, 0.2) is 0 Å². The van der Waals surface area contributed by atoms with Gasteiger partial charge in [0.05, 0.1) is 0 Å². The van der Waals surface area contributed by atoms with Crippen molar-refractivity contribution < 1.29 is 0 Å². The summed E-state index contributed by atoms with van der Waals surface area (Å²) in [6.45, 7) is 4.35. The van der Waals surface area contributed by atoms with Gasteiger partial charge in [-0.05, 0) is 43.0 Å². The average Bonchev–Trinajstić information content (AvgIpc) is 2.50. The molecule has 0 bridgehead atoms. The van der Waals surface area contributed by atoms with Crippen LogP contribution in [0.1, 0.15) is 42.9 Å². The molecule has 2 aromatic rings. The quantitative estimate of drug-likeness (QED) is 0.535. The van der Waals surface area contributed by atoms with E-state index in [1.165, 1.54) is 35.1 Å². The van der Waals surface area contributed by atoms with Crippen molar-refractivity contribution in [3.05, 3.63) is 75.4 Å². The summed E-state index contributed by atoms with van der Waals surface area (Å²) in [4.78, 5) is 0. The number of aryl methyl sites for hydroxylation is 1. The van der Waals surface area contributed by atoms with Gasteiger partial charge in [0.25, 0.3) is 0 Å². The Labute approximate surface area is 136 Å². The van der Waals surface area contributed by atoms with Gasteiger partial charge in [-0.3, -0.25) is 0 Å². The number of unbranched alkanes of at least 4 members (excludes halogenated alkanes) is 1. The molecule has 0 aromatic heterocycles. The Morgan fingerprint density at radius 2 is 1.81 bits per heavy atom. The number of benzene rings is 2. The summed E-state index contributed by atoms with van der Waals surface area (Å²) in [5.74, 6) is 0. The Kier molecular flexibility index (Phi) is 6.04. The van der Waals surface area contributed by atoms with E-state index in [2.05, 4.69) is 84.0 Å². The summed E-state index contributed by atoms with van der Waals surface area (Å²) >= 11 is 3.58. The third kappa shape index (κ3) is 4.74. The maximum absolute atomic E-state index is 3.58. The van der Waals surface area contributed by atoms with Crippen molar-refractivity contribution >= 4 is 27.6 Å². The second kappa shape index (κ2) is 8.02. The molecule has 108 valence electrons. The summed E-state index contributed by atoms with van der Waals surface area (Å²) in [6, 6.07) is 17.0. The molecule has 0 aliphatic carbocycles. The molecule has 0 nitrogen and oxygen atoms in total. The highest BCUT2D eigenvalue weighted by Crippen LogP contribution is 2.22. The standard InChI is InChI=1S/C20H21Br/c1-3-4-7-17(18-12-10-16(2)11-13-18)14-15-19-8-5-6-9-20(19)21/h5-6,8-13,15H,3-4,7H2,1-2H3. The topological polar surface area (TPSA) is 0 Å². The fraction of sp³-hybridized carbons (Fsp3) is 0.250. The van der Waals surface area contributed by atoms with E-state index < -0.39 is 0 Å². The molecule has 21 heavy (non-hydrogen) atoms. The van der Waals surface area contributed by atoms with Crippen LogP contribution in [-0.2, 0) is 0 Å². The molecule has 0 saturated heterocycles. The molecule has 0 atom stereocenters. The van der Waals surface area contributed by atoms with Crippen molar-refractivity contribution in [2.45, 2.75) is 33.1 Å². The summed E-state index contributed by atoms with van der Waals surface area (Å²) in [5.41, 5.74) is 8.53. The first-order valence-corrected chi connectivity index (χ1v) is 8.27. The molecule has 1 heteroatoms. The summed E-state index contributed by atoms with van der Waals surface area (Å²) in [7, 11) is 0. The fourth-order valence-corrected chi connectivity index (χ4v) is 2.56. The third-order valence-electron chi connectivity index (χ3n) is 3.49. The van der Waals surface area contributed by atoms with Crippen LogP contribution in [0.5, 0.6) is 0 Å². The van der Waals surface area contributed by atoms with Crippen LogP contribution in [0.15, 0.2) is 58.7 Å². The molecular weight excluding hydrogens is 320 g/mol. The van der Waals surface area contributed by atoms with Crippen LogP contribution < -0.4 is 0 Å². The Morgan fingerprint density at radius 1 is 1.10 bits per heavy atom. The van der Waals surface area contributed by atoms with E-state index >= 15 is 0 Å². The van der Waals surface area contributed by atoms with Gasteiger partial charge in [-0.1, -0.05) is 77.3 Å². The second-order valence-corrected chi connectivity index (χ2v) is 6.11. The first-order valence-electron chi connectivity index (χ1n) is 7.48. The van der Waals surface area contributed by atoms with Crippen LogP contribution in [0, 0.1) is 6.92 Å². The van der Waals surface area contributed by atoms with Crippen molar-refractivity contribution in [1.29, 1.82) is 0 Å². The minimum atomic E-state index is 1.07. The van der Waals surface area contributed by atoms with Gasteiger partial charge in [0.1, 0.15) is 0 Å². The molecule has 0 amide bonds. The van der Waals surface area contributed by atoms with Crippen molar-refractivity contribution in [1.82, 2.24) is 0 Å². The monoisotopic (exact) mass is 340 g/mol. The highest BCUT2D eigenvalue weighted by Gasteiger charge is 2.00. The highest BCUT2D eigenvalue weighted by molar-refractivity contribution is 9.10. The normalized spacial score (nSPS) is 10.0. The lowest BCUT2D eigenvalue weighted by Crippen LogP contribution is -1.85. The maximum atomic E-state index is 3.58. The van der Waals surface area contributed by atoms with E-state index in [1.54, 1.807) is 0 Å². The first-order chi connectivity index (χ1) is 10.2. The van der Waals surface area contributed by atoms with E-state index in [-0.39, 0.29) is 0 Å². The lowest BCUT2D eigenvalue weighted by molar-refractivity contribution is 0.825. The van der Waals surface area contributed by atoms with Crippen molar-refractivity contribution in [3.8, 4) is 0 Å². The van der Waals surface area contributed by atoms with Crippen molar-refractivity contribution in [2.75, 3.05) is 0 Å². The predicted octanol–water partition coefficient (Wildman–Crippen LogP) is 6.64.